The predicted molar refractivity (Wildman–Crippen MR) is 157 cm³/mol. The van der Waals surface area contributed by atoms with Gasteiger partial charge in [-0.05, 0) is 63.1 Å². The number of nitrogens with zero attached hydrogens (tertiary/aromatic N) is 2. The zero-order valence-electron chi connectivity index (χ0n) is 22.4. The van der Waals surface area contributed by atoms with E-state index in [2.05, 4.69) is 5.32 Å². The number of carbonyl (C=O) groups excluding carboxylic acids is 2. The van der Waals surface area contributed by atoms with Crippen LogP contribution in [-0.4, -0.2) is 43.8 Å². The number of rotatable bonds is 11. The Kier molecular flexibility index (Phi) is 10.4. The fourth-order valence-electron chi connectivity index (χ4n) is 4.13. The molecule has 0 radical (unpaired) electrons. The van der Waals surface area contributed by atoms with Crippen molar-refractivity contribution >= 4 is 50.7 Å². The highest BCUT2D eigenvalue weighted by molar-refractivity contribution is 7.92. The van der Waals surface area contributed by atoms with Crippen LogP contribution in [0.4, 0.5) is 5.69 Å². The number of amides is 2. The molecule has 10 heteroatoms. The van der Waals surface area contributed by atoms with Gasteiger partial charge in [-0.2, -0.15) is 0 Å². The van der Waals surface area contributed by atoms with Gasteiger partial charge in [0.25, 0.3) is 10.0 Å². The number of anilines is 1. The van der Waals surface area contributed by atoms with Crippen molar-refractivity contribution in [3.05, 3.63) is 94.0 Å². The van der Waals surface area contributed by atoms with Crippen molar-refractivity contribution in [2.45, 2.75) is 57.6 Å². The first-order valence-corrected chi connectivity index (χ1v) is 14.8. The van der Waals surface area contributed by atoms with Crippen LogP contribution in [0.1, 0.15) is 38.8 Å². The smallest absolute Gasteiger partial charge is 0.264 e. The lowest BCUT2D eigenvalue weighted by atomic mass is 10.1. The van der Waals surface area contributed by atoms with Crippen LogP contribution in [-0.2, 0) is 32.6 Å². The second-order valence-corrected chi connectivity index (χ2v) is 12.0. The predicted octanol–water partition coefficient (Wildman–Crippen LogP) is 5.69. The second kappa shape index (κ2) is 13.3. The first-order chi connectivity index (χ1) is 18.5. The van der Waals surface area contributed by atoms with E-state index < -0.39 is 28.5 Å². The molecule has 0 aliphatic rings. The van der Waals surface area contributed by atoms with Gasteiger partial charge in [-0.15, -0.1) is 0 Å². The van der Waals surface area contributed by atoms with Gasteiger partial charge < -0.3 is 10.2 Å². The number of hydrogen-bond acceptors (Lipinski definition) is 4. The van der Waals surface area contributed by atoms with Crippen LogP contribution in [0.25, 0.3) is 0 Å². The van der Waals surface area contributed by atoms with Crippen molar-refractivity contribution in [1.82, 2.24) is 10.2 Å². The molecule has 0 spiro atoms. The summed E-state index contributed by atoms with van der Waals surface area (Å²) in [4.78, 5) is 28.4. The van der Waals surface area contributed by atoms with E-state index in [1.165, 1.54) is 17.0 Å². The average Bonchev–Trinajstić information content (AvgIpc) is 2.91. The molecule has 0 heterocycles. The summed E-state index contributed by atoms with van der Waals surface area (Å²) in [6, 6.07) is 18.9. The molecule has 0 fully saturated rings. The fraction of sp³-hybridized carbons (Fsp3) is 0.310. The molecule has 3 aromatic carbocycles. The third-order valence-electron chi connectivity index (χ3n) is 6.24. The summed E-state index contributed by atoms with van der Waals surface area (Å²) < 4.78 is 28.9. The molecule has 2 amide bonds. The van der Waals surface area contributed by atoms with Gasteiger partial charge in [0.1, 0.15) is 12.6 Å². The monoisotopic (exact) mass is 589 g/mol. The molecule has 0 saturated carbocycles. The van der Waals surface area contributed by atoms with Gasteiger partial charge in [0.2, 0.25) is 11.8 Å². The molecule has 0 unspecified atom stereocenters. The summed E-state index contributed by atoms with van der Waals surface area (Å²) in [5.74, 6) is -0.962. The molecule has 0 aliphatic carbocycles. The molecular formula is C29H33Cl2N3O4S. The van der Waals surface area contributed by atoms with Gasteiger partial charge in [0, 0.05) is 28.2 Å². The average molecular weight is 591 g/mol. The number of para-hydroxylation sites is 1. The molecule has 0 saturated heterocycles. The quantitative estimate of drug-likeness (QED) is 0.311. The van der Waals surface area contributed by atoms with E-state index in [9.17, 15) is 18.0 Å². The van der Waals surface area contributed by atoms with Crippen LogP contribution >= 0.6 is 23.2 Å². The van der Waals surface area contributed by atoms with Crippen molar-refractivity contribution in [3.8, 4) is 0 Å². The Hall–Kier alpha value is -3.07. The molecule has 3 rings (SSSR count). The third kappa shape index (κ3) is 7.32. The minimum absolute atomic E-state index is 0.0509. The van der Waals surface area contributed by atoms with E-state index in [4.69, 9.17) is 23.2 Å². The highest BCUT2D eigenvalue weighted by Gasteiger charge is 2.33. The summed E-state index contributed by atoms with van der Waals surface area (Å²) >= 11 is 12.8. The summed E-state index contributed by atoms with van der Waals surface area (Å²) in [5.41, 5.74) is 1.62. The van der Waals surface area contributed by atoms with Crippen LogP contribution in [0.3, 0.4) is 0 Å². The largest absolute Gasteiger partial charge is 0.352 e. The number of nitrogens with one attached hydrogen (secondary N) is 1. The molecule has 208 valence electrons. The minimum Gasteiger partial charge on any atom is -0.352 e. The standard InChI is InChI=1S/C29H33Cl2N3O4S/c1-5-22-12-9-10-17-27(22)34(39(37,38)23-13-7-6-8-14-23)19-28(35)33(21(4)29(36)32-20(2)3)18-24-25(30)15-11-16-26(24)31/h6-17,20-21H,5,18-19H2,1-4H3,(H,32,36)/t21-/m0/s1. The highest BCUT2D eigenvalue weighted by Crippen LogP contribution is 2.30. The zero-order chi connectivity index (χ0) is 28.7. The maximum atomic E-state index is 14.0. The fourth-order valence-corrected chi connectivity index (χ4v) is 6.12. The normalized spacial score (nSPS) is 12.2. The molecule has 0 bridgehead atoms. The van der Waals surface area contributed by atoms with Crippen molar-refractivity contribution < 1.29 is 18.0 Å². The summed E-state index contributed by atoms with van der Waals surface area (Å²) in [6.45, 7) is 6.53. The first kappa shape index (κ1) is 30.5. The number of hydrogen-bond donors (Lipinski definition) is 1. The van der Waals surface area contributed by atoms with E-state index in [0.717, 1.165) is 9.87 Å². The lowest BCUT2D eigenvalue weighted by Crippen LogP contribution is -2.52. The Balaban J connectivity index is 2.10. The summed E-state index contributed by atoms with van der Waals surface area (Å²) in [5, 5.41) is 3.49. The number of carbonyl (C=O) groups is 2. The molecule has 7 nitrogen and oxygen atoms in total. The van der Waals surface area contributed by atoms with Gasteiger partial charge in [-0.25, -0.2) is 8.42 Å². The maximum absolute atomic E-state index is 14.0. The number of benzene rings is 3. The van der Waals surface area contributed by atoms with Crippen molar-refractivity contribution in [2.24, 2.45) is 0 Å². The van der Waals surface area contributed by atoms with Gasteiger partial charge in [0.05, 0.1) is 10.6 Å². The van der Waals surface area contributed by atoms with Crippen molar-refractivity contribution in [2.75, 3.05) is 10.8 Å². The lowest BCUT2D eigenvalue weighted by molar-refractivity contribution is -0.139. The maximum Gasteiger partial charge on any atom is 0.264 e. The molecule has 1 atom stereocenters. The number of sulfonamides is 1. The SMILES string of the molecule is CCc1ccccc1N(CC(=O)N(Cc1c(Cl)cccc1Cl)[C@@H](C)C(=O)NC(C)C)S(=O)(=O)c1ccccc1. The molecule has 0 aromatic heterocycles. The van der Waals surface area contributed by atoms with Crippen LogP contribution in [0, 0.1) is 0 Å². The molecule has 39 heavy (non-hydrogen) atoms. The summed E-state index contributed by atoms with van der Waals surface area (Å²) in [6.07, 6.45) is 0.553. The highest BCUT2D eigenvalue weighted by atomic mass is 35.5. The van der Waals surface area contributed by atoms with Gasteiger partial charge in [0.15, 0.2) is 0 Å². The lowest BCUT2D eigenvalue weighted by Gasteiger charge is -2.33. The third-order valence-corrected chi connectivity index (χ3v) is 8.72. The Morgan fingerprint density at radius 3 is 2.05 bits per heavy atom. The molecular weight excluding hydrogens is 557 g/mol. The number of halogens is 2. The second-order valence-electron chi connectivity index (χ2n) is 9.37. The van der Waals surface area contributed by atoms with Gasteiger partial charge in [-0.1, -0.05) is 72.6 Å². The van der Waals surface area contributed by atoms with Crippen LogP contribution in [0.5, 0.6) is 0 Å². The van der Waals surface area contributed by atoms with Crippen molar-refractivity contribution in [1.29, 1.82) is 0 Å². The Bertz CT molecular complexity index is 1390. The van der Waals surface area contributed by atoms with E-state index in [0.29, 0.717) is 27.7 Å². The minimum atomic E-state index is -4.14. The van der Waals surface area contributed by atoms with E-state index in [1.54, 1.807) is 55.5 Å². The van der Waals surface area contributed by atoms with E-state index >= 15 is 0 Å². The Labute approximate surface area is 240 Å². The first-order valence-electron chi connectivity index (χ1n) is 12.7. The molecule has 3 aromatic rings. The van der Waals surface area contributed by atoms with E-state index in [1.807, 2.05) is 32.9 Å². The topological polar surface area (TPSA) is 86.8 Å². The van der Waals surface area contributed by atoms with Gasteiger partial charge in [-0.3, -0.25) is 13.9 Å². The zero-order valence-corrected chi connectivity index (χ0v) is 24.7. The Morgan fingerprint density at radius 1 is 0.872 bits per heavy atom. The van der Waals surface area contributed by atoms with Crippen LogP contribution < -0.4 is 9.62 Å². The van der Waals surface area contributed by atoms with Crippen molar-refractivity contribution in [3.63, 3.8) is 0 Å². The van der Waals surface area contributed by atoms with Crippen LogP contribution in [0.2, 0.25) is 10.0 Å². The number of aryl methyl sites for hydroxylation is 1. The van der Waals surface area contributed by atoms with Crippen LogP contribution in [0.15, 0.2) is 77.7 Å². The van der Waals surface area contributed by atoms with Gasteiger partial charge >= 0.3 is 0 Å². The Morgan fingerprint density at radius 2 is 1.46 bits per heavy atom. The van der Waals surface area contributed by atoms with E-state index in [-0.39, 0.29) is 23.4 Å². The summed E-state index contributed by atoms with van der Waals surface area (Å²) in [7, 11) is -4.14. The molecule has 1 N–H and O–H groups in total. The molecule has 0 aliphatic heterocycles.